The number of benzene rings is 2. The van der Waals surface area contributed by atoms with Gasteiger partial charge in [-0.05, 0) is 43.3 Å². The molecule has 0 bridgehead atoms. The van der Waals surface area contributed by atoms with Gasteiger partial charge in [0.2, 0.25) is 10.0 Å². The van der Waals surface area contributed by atoms with E-state index < -0.39 is 10.0 Å². The van der Waals surface area contributed by atoms with Crippen molar-refractivity contribution in [3.8, 4) is 5.75 Å². The van der Waals surface area contributed by atoms with E-state index in [9.17, 15) is 13.2 Å². The number of hydrogen-bond donors (Lipinski definition) is 4. The Hall–Kier alpha value is -3.44. The van der Waals surface area contributed by atoms with Gasteiger partial charge >= 0.3 is 0 Å². The number of amides is 1. The van der Waals surface area contributed by atoms with Crippen LogP contribution in [-0.4, -0.2) is 74.5 Å². The molecule has 2 aromatic carbocycles. The number of carbonyl (C=O) groups excluding carboxylic acids is 1. The molecular formula is C22H28N6O4S. The van der Waals surface area contributed by atoms with Crippen LogP contribution in [0.5, 0.6) is 5.75 Å². The quantitative estimate of drug-likeness (QED) is 0.256. The van der Waals surface area contributed by atoms with Crippen LogP contribution in [0, 0.1) is 10.8 Å². The zero-order valence-corrected chi connectivity index (χ0v) is 19.2. The van der Waals surface area contributed by atoms with Crippen molar-refractivity contribution >= 4 is 27.6 Å². The van der Waals surface area contributed by atoms with E-state index in [1.807, 2.05) is 4.90 Å². The lowest BCUT2D eigenvalue weighted by atomic mass is 10.2. The Morgan fingerprint density at radius 3 is 2.33 bits per heavy atom. The number of nitrogens with two attached hydrogens (primary N) is 1. The van der Waals surface area contributed by atoms with Gasteiger partial charge in [-0.2, -0.15) is 4.31 Å². The molecule has 5 N–H and O–H groups in total. The molecular weight excluding hydrogens is 444 g/mol. The molecule has 0 spiro atoms. The van der Waals surface area contributed by atoms with Gasteiger partial charge in [-0.1, -0.05) is 12.1 Å². The Morgan fingerprint density at radius 2 is 1.73 bits per heavy atom. The normalized spacial score (nSPS) is 14.5. The third-order valence-electron chi connectivity index (χ3n) is 5.27. The van der Waals surface area contributed by atoms with E-state index in [2.05, 4.69) is 5.32 Å². The molecule has 1 heterocycles. The molecule has 0 radical (unpaired) electrons. The number of carbonyl (C=O) groups is 1. The molecule has 33 heavy (non-hydrogen) atoms. The SMILES string of the molecule is CC(=N)N1CCN(S(=O)(=O)c2ccc(C(=O)NCCOc3cccc(C(=N)N)c3)cc2)CC1. The number of piperazine rings is 1. The fourth-order valence-corrected chi connectivity index (χ4v) is 4.80. The minimum atomic E-state index is -3.65. The summed E-state index contributed by atoms with van der Waals surface area (Å²) in [6.07, 6.45) is 0. The summed E-state index contributed by atoms with van der Waals surface area (Å²) in [7, 11) is -3.65. The second-order valence-electron chi connectivity index (χ2n) is 7.55. The molecule has 1 aliphatic rings. The van der Waals surface area contributed by atoms with Crippen molar-refractivity contribution in [3.05, 3.63) is 59.7 Å². The second kappa shape index (κ2) is 10.5. The predicted octanol–water partition coefficient (Wildman–Crippen LogP) is 1.08. The molecule has 2 aromatic rings. The van der Waals surface area contributed by atoms with Crippen LogP contribution >= 0.6 is 0 Å². The van der Waals surface area contributed by atoms with E-state index in [0.29, 0.717) is 48.9 Å². The fourth-order valence-electron chi connectivity index (χ4n) is 3.38. The van der Waals surface area contributed by atoms with Crippen LogP contribution in [0.15, 0.2) is 53.4 Å². The Kier molecular flexibility index (Phi) is 7.67. The van der Waals surface area contributed by atoms with Crippen molar-refractivity contribution in [3.63, 3.8) is 0 Å². The van der Waals surface area contributed by atoms with Crippen LogP contribution in [0.1, 0.15) is 22.8 Å². The van der Waals surface area contributed by atoms with Crippen molar-refractivity contribution in [2.45, 2.75) is 11.8 Å². The third kappa shape index (κ3) is 6.08. The lowest BCUT2D eigenvalue weighted by molar-refractivity contribution is 0.0947. The van der Waals surface area contributed by atoms with Crippen LogP contribution in [0.2, 0.25) is 0 Å². The zero-order chi connectivity index (χ0) is 24.0. The van der Waals surface area contributed by atoms with Crippen LogP contribution < -0.4 is 15.8 Å². The van der Waals surface area contributed by atoms with E-state index in [1.54, 1.807) is 31.2 Å². The highest BCUT2D eigenvalue weighted by molar-refractivity contribution is 7.89. The first-order valence-corrected chi connectivity index (χ1v) is 11.9. The number of ether oxygens (including phenoxy) is 1. The van der Waals surface area contributed by atoms with Crippen LogP contribution in [0.25, 0.3) is 0 Å². The maximum absolute atomic E-state index is 12.9. The lowest BCUT2D eigenvalue weighted by Crippen LogP contribution is -2.49. The average molecular weight is 473 g/mol. The minimum absolute atomic E-state index is 0.0528. The van der Waals surface area contributed by atoms with E-state index in [-0.39, 0.29) is 29.8 Å². The van der Waals surface area contributed by atoms with Gasteiger partial charge in [0.1, 0.15) is 18.2 Å². The summed E-state index contributed by atoms with van der Waals surface area (Å²) in [6, 6.07) is 12.7. The van der Waals surface area contributed by atoms with Gasteiger partial charge in [0, 0.05) is 37.3 Å². The van der Waals surface area contributed by atoms with Crippen LogP contribution in [0.4, 0.5) is 0 Å². The number of nitrogen functional groups attached to an aromatic ring is 1. The van der Waals surface area contributed by atoms with E-state index in [0.717, 1.165) is 0 Å². The number of amidine groups is 2. The summed E-state index contributed by atoms with van der Waals surface area (Å²) in [4.78, 5) is 14.3. The first-order valence-electron chi connectivity index (χ1n) is 10.4. The highest BCUT2D eigenvalue weighted by atomic mass is 32.2. The maximum Gasteiger partial charge on any atom is 0.251 e. The number of hydrogen-bond acceptors (Lipinski definition) is 6. The van der Waals surface area contributed by atoms with Crippen molar-refractivity contribution in [2.75, 3.05) is 39.3 Å². The van der Waals surface area contributed by atoms with Crippen LogP contribution in [0.3, 0.4) is 0 Å². The number of rotatable bonds is 8. The Balaban J connectivity index is 1.51. The largest absolute Gasteiger partial charge is 0.492 e. The molecule has 0 unspecified atom stereocenters. The molecule has 11 heteroatoms. The molecule has 3 rings (SSSR count). The van der Waals surface area contributed by atoms with Crippen LogP contribution in [-0.2, 0) is 10.0 Å². The van der Waals surface area contributed by atoms with E-state index >= 15 is 0 Å². The maximum atomic E-state index is 12.9. The molecule has 1 saturated heterocycles. The van der Waals surface area contributed by atoms with Crippen molar-refractivity contribution in [1.29, 1.82) is 10.8 Å². The molecule has 0 atom stereocenters. The third-order valence-corrected chi connectivity index (χ3v) is 7.18. The van der Waals surface area contributed by atoms with Gasteiger partial charge in [0.25, 0.3) is 5.91 Å². The highest BCUT2D eigenvalue weighted by Gasteiger charge is 2.28. The highest BCUT2D eigenvalue weighted by Crippen LogP contribution is 2.18. The molecule has 176 valence electrons. The van der Waals surface area contributed by atoms with E-state index in [1.165, 1.54) is 28.6 Å². The molecule has 0 aromatic heterocycles. The molecule has 0 aliphatic carbocycles. The van der Waals surface area contributed by atoms with Gasteiger partial charge in [0.05, 0.1) is 17.3 Å². The first kappa shape index (κ1) is 24.2. The standard InChI is InChI=1S/C22H28N6O4S/c1-16(23)27-10-12-28(13-11-27)33(30,31)20-7-5-17(6-8-20)22(29)26-9-14-32-19-4-2-3-18(15-19)21(24)25/h2-8,15,23H,9-14H2,1H3,(H3,24,25)(H,26,29). The Morgan fingerprint density at radius 1 is 1.06 bits per heavy atom. The fraction of sp³-hybridized carbons (Fsp3) is 0.318. The summed E-state index contributed by atoms with van der Waals surface area (Å²) >= 11 is 0. The summed E-state index contributed by atoms with van der Waals surface area (Å²) in [5.41, 5.74) is 6.36. The van der Waals surface area contributed by atoms with Crippen molar-refractivity contribution in [1.82, 2.24) is 14.5 Å². The summed E-state index contributed by atoms with van der Waals surface area (Å²) in [5, 5.41) is 17.8. The summed E-state index contributed by atoms with van der Waals surface area (Å²) < 4.78 is 32.7. The lowest BCUT2D eigenvalue weighted by Gasteiger charge is -2.34. The van der Waals surface area contributed by atoms with E-state index in [4.69, 9.17) is 21.3 Å². The molecule has 1 fully saturated rings. The molecule has 0 saturated carbocycles. The molecule has 10 nitrogen and oxygen atoms in total. The summed E-state index contributed by atoms with van der Waals surface area (Å²) in [6.45, 7) is 3.76. The first-order chi connectivity index (χ1) is 15.7. The Labute approximate surface area is 193 Å². The predicted molar refractivity (Wildman–Crippen MR) is 125 cm³/mol. The minimum Gasteiger partial charge on any atom is -0.492 e. The molecule has 1 aliphatic heterocycles. The monoisotopic (exact) mass is 472 g/mol. The number of sulfonamides is 1. The number of nitrogens with one attached hydrogen (secondary N) is 3. The topological polar surface area (TPSA) is 153 Å². The number of nitrogens with zero attached hydrogens (tertiary/aromatic N) is 2. The van der Waals surface area contributed by atoms with Gasteiger partial charge < -0.3 is 20.7 Å². The Bertz CT molecular complexity index is 1130. The van der Waals surface area contributed by atoms with Crippen molar-refractivity contribution in [2.24, 2.45) is 5.73 Å². The van der Waals surface area contributed by atoms with Crippen molar-refractivity contribution < 1.29 is 17.9 Å². The van der Waals surface area contributed by atoms with Gasteiger partial charge in [-0.25, -0.2) is 8.42 Å². The summed E-state index contributed by atoms with van der Waals surface area (Å²) in [5.74, 6) is 0.582. The van der Waals surface area contributed by atoms with Gasteiger partial charge in [-0.15, -0.1) is 0 Å². The molecule has 1 amide bonds. The second-order valence-corrected chi connectivity index (χ2v) is 9.48. The van der Waals surface area contributed by atoms with Gasteiger partial charge in [0.15, 0.2) is 0 Å². The zero-order valence-electron chi connectivity index (χ0n) is 18.4. The van der Waals surface area contributed by atoms with Gasteiger partial charge in [-0.3, -0.25) is 15.6 Å². The average Bonchev–Trinajstić information content (AvgIpc) is 2.82. The smallest absolute Gasteiger partial charge is 0.251 e.